The van der Waals surface area contributed by atoms with Gasteiger partial charge in [-0.25, -0.2) is 9.38 Å². The number of aromatic amines is 1. The van der Waals surface area contributed by atoms with E-state index in [0.29, 0.717) is 19.0 Å². The van der Waals surface area contributed by atoms with Crippen molar-refractivity contribution in [2.24, 2.45) is 4.99 Å². The van der Waals surface area contributed by atoms with Gasteiger partial charge in [-0.2, -0.15) is 0 Å². The maximum Gasteiger partial charge on any atom is 0.269 e. The number of nitro benzene ring substituents is 1. The third-order valence-corrected chi connectivity index (χ3v) is 4.33. The van der Waals surface area contributed by atoms with Crippen molar-refractivity contribution in [3.05, 3.63) is 75.7 Å². The summed E-state index contributed by atoms with van der Waals surface area (Å²) in [6, 6.07) is 11.1. The minimum Gasteiger partial charge on any atom is -0.361 e. The Labute approximate surface area is 161 Å². The number of aliphatic imine (C=N–C) groups is 1. The van der Waals surface area contributed by atoms with Crippen LogP contribution >= 0.6 is 0 Å². The van der Waals surface area contributed by atoms with Crippen LogP contribution in [0.2, 0.25) is 0 Å². The minimum absolute atomic E-state index is 0.0661. The zero-order chi connectivity index (χ0) is 19.9. The average Bonchev–Trinajstić information content (AvgIpc) is 3.08. The number of hydrogen-bond donors (Lipinski definition) is 3. The van der Waals surface area contributed by atoms with E-state index in [4.69, 9.17) is 0 Å². The quantitative estimate of drug-likeness (QED) is 0.252. The zero-order valence-electron chi connectivity index (χ0n) is 15.5. The van der Waals surface area contributed by atoms with E-state index in [9.17, 15) is 14.5 Å². The summed E-state index contributed by atoms with van der Waals surface area (Å²) in [6.45, 7) is 3.78. The van der Waals surface area contributed by atoms with E-state index in [1.807, 2.05) is 13.1 Å². The van der Waals surface area contributed by atoms with Crippen LogP contribution in [-0.2, 0) is 13.0 Å². The minimum atomic E-state index is -0.419. The van der Waals surface area contributed by atoms with Gasteiger partial charge < -0.3 is 15.6 Å². The second-order valence-electron chi connectivity index (χ2n) is 6.30. The highest BCUT2D eigenvalue weighted by molar-refractivity contribution is 5.83. The summed E-state index contributed by atoms with van der Waals surface area (Å²) in [5.74, 6) is 0.415. The van der Waals surface area contributed by atoms with Crippen molar-refractivity contribution in [2.75, 3.05) is 13.1 Å². The van der Waals surface area contributed by atoms with E-state index in [1.165, 1.54) is 24.3 Å². The molecule has 0 atom stereocenters. The van der Waals surface area contributed by atoms with Crippen LogP contribution in [0.15, 0.2) is 53.7 Å². The van der Waals surface area contributed by atoms with Crippen LogP contribution in [-0.4, -0.2) is 29.0 Å². The van der Waals surface area contributed by atoms with Crippen molar-refractivity contribution in [2.45, 2.75) is 19.9 Å². The molecule has 0 unspecified atom stereocenters. The summed E-state index contributed by atoms with van der Waals surface area (Å²) in [6.07, 6.45) is 2.65. The number of non-ortho nitro benzene ring substituents is 1. The first-order chi connectivity index (χ1) is 13.6. The molecule has 0 spiro atoms. The van der Waals surface area contributed by atoms with Crippen LogP contribution in [0.3, 0.4) is 0 Å². The Balaban J connectivity index is 1.59. The molecule has 7 nitrogen and oxygen atoms in total. The summed E-state index contributed by atoms with van der Waals surface area (Å²) < 4.78 is 13.3. The average molecular weight is 383 g/mol. The number of H-pyrrole nitrogens is 1. The number of rotatable bonds is 7. The number of halogens is 1. The number of nitro groups is 1. The van der Waals surface area contributed by atoms with E-state index < -0.39 is 4.92 Å². The zero-order valence-corrected chi connectivity index (χ0v) is 15.5. The van der Waals surface area contributed by atoms with Crippen molar-refractivity contribution in [3.63, 3.8) is 0 Å². The number of hydrogen-bond acceptors (Lipinski definition) is 3. The van der Waals surface area contributed by atoms with Crippen LogP contribution in [0.1, 0.15) is 18.1 Å². The van der Waals surface area contributed by atoms with E-state index >= 15 is 0 Å². The maximum absolute atomic E-state index is 13.3. The lowest BCUT2D eigenvalue weighted by Crippen LogP contribution is -2.38. The highest BCUT2D eigenvalue weighted by Gasteiger charge is 2.06. The van der Waals surface area contributed by atoms with Crippen LogP contribution in [0.5, 0.6) is 0 Å². The Hall–Kier alpha value is -3.42. The molecule has 3 aromatic rings. The lowest BCUT2D eigenvalue weighted by Gasteiger charge is -2.11. The first kappa shape index (κ1) is 19.3. The number of nitrogens with one attached hydrogen (secondary N) is 3. The van der Waals surface area contributed by atoms with E-state index in [-0.39, 0.29) is 11.5 Å². The van der Waals surface area contributed by atoms with Crippen molar-refractivity contribution in [1.29, 1.82) is 0 Å². The van der Waals surface area contributed by atoms with Crippen molar-refractivity contribution >= 4 is 22.5 Å². The Morgan fingerprint density at radius 3 is 2.71 bits per heavy atom. The standard InChI is InChI=1S/C20H22FN5O2/c1-2-22-20(25-12-14-3-6-17(7-4-14)26(27)28)23-10-9-15-13-24-19-11-16(21)5-8-18(15)19/h3-8,11,13,24H,2,9-10,12H2,1H3,(H2,22,23,25). The maximum atomic E-state index is 13.3. The molecule has 0 saturated carbocycles. The lowest BCUT2D eigenvalue weighted by atomic mass is 10.1. The van der Waals surface area contributed by atoms with E-state index in [0.717, 1.165) is 35.0 Å². The Bertz CT molecular complexity index is 982. The first-order valence-electron chi connectivity index (χ1n) is 9.08. The molecule has 0 saturated heterocycles. The number of nitrogens with zero attached hydrogens (tertiary/aromatic N) is 2. The fraction of sp³-hybridized carbons (Fsp3) is 0.250. The van der Waals surface area contributed by atoms with Gasteiger partial charge in [-0.1, -0.05) is 12.1 Å². The van der Waals surface area contributed by atoms with Crippen molar-refractivity contribution < 1.29 is 9.31 Å². The van der Waals surface area contributed by atoms with Gasteiger partial charge in [0.25, 0.3) is 5.69 Å². The molecule has 0 radical (unpaired) electrons. The van der Waals surface area contributed by atoms with Crippen molar-refractivity contribution in [3.8, 4) is 0 Å². The molecule has 0 fully saturated rings. The molecular weight excluding hydrogens is 361 g/mol. The van der Waals surface area contributed by atoms with Gasteiger partial charge in [-0.3, -0.25) is 10.1 Å². The lowest BCUT2D eigenvalue weighted by molar-refractivity contribution is -0.384. The molecule has 8 heteroatoms. The monoisotopic (exact) mass is 383 g/mol. The van der Waals surface area contributed by atoms with Crippen LogP contribution in [0.25, 0.3) is 10.9 Å². The SMILES string of the molecule is CCNC(=NCc1ccc([N+](=O)[O-])cc1)NCCc1c[nH]c2cc(F)ccc12. The van der Waals surface area contributed by atoms with Crippen LogP contribution in [0, 0.1) is 15.9 Å². The molecule has 0 aliphatic rings. The third-order valence-electron chi connectivity index (χ3n) is 4.33. The van der Waals surface area contributed by atoms with Gasteiger partial charge in [-0.05, 0) is 42.7 Å². The first-order valence-corrected chi connectivity index (χ1v) is 9.08. The Morgan fingerprint density at radius 1 is 1.21 bits per heavy atom. The molecule has 3 rings (SSSR count). The second-order valence-corrected chi connectivity index (χ2v) is 6.30. The summed E-state index contributed by atoms with van der Waals surface area (Å²) in [4.78, 5) is 17.9. The van der Waals surface area contributed by atoms with Gasteiger partial charge in [0, 0.05) is 42.3 Å². The fourth-order valence-electron chi connectivity index (χ4n) is 2.92. The molecular formula is C20H22FN5O2. The van der Waals surface area contributed by atoms with Crippen molar-refractivity contribution in [1.82, 2.24) is 15.6 Å². The smallest absolute Gasteiger partial charge is 0.269 e. The Kier molecular flexibility index (Phi) is 6.21. The van der Waals surface area contributed by atoms with Gasteiger partial charge in [-0.15, -0.1) is 0 Å². The number of fused-ring (bicyclic) bond motifs is 1. The fourth-order valence-corrected chi connectivity index (χ4v) is 2.92. The predicted octanol–water partition coefficient (Wildman–Crippen LogP) is 3.51. The van der Waals surface area contributed by atoms with Crippen LogP contribution < -0.4 is 10.6 Å². The number of guanidine groups is 1. The van der Waals surface area contributed by atoms with E-state index in [2.05, 4.69) is 20.6 Å². The summed E-state index contributed by atoms with van der Waals surface area (Å²) in [5, 5.41) is 18.2. The summed E-state index contributed by atoms with van der Waals surface area (Å²) in [7, 11) is 0. The normalized spacial score (nSPS) is 11.6. The molecule has 0 amide bonds. The highest BCUT2D eigenvalue weighted by atomic mass is 19.1. The summed E-state index contributed by atoms with van der Waals surface area (Å²) in [5.41, 5.74) is 2.85. The number of benzene rings is 2. The van der Waals surface area contributed by atoms with Crippen LogP contribution in [0.4, 0.5) is 10.1 Å². The molecule has 0 aliphatic carbocycles. The number of aromatic nitrogens is 1. The third kappa shape index (κ3) is 4.85. The molecule has 0 aliphatic heterocycles. The highest BCUT2D eigenvalue weighted by Crippen LogP contribution is 2.19. The summed E-state index contributed by atoms with van der Waals surface area (Å²) >= 11 is 0. The van der Waals surface area contributed by atoms with E-state index in [1.54, 1.807) is 18.2 Å². The van der Waals surface area contributed by atoms with Gasteiger partial charge in [0.05, 0.1) is 11.5 Å². The van der Waals surface area contributed by atoms with Gasteiger partial charge >= 0.3 is 0 Å². The van der Waals surface area contributed by atoms with Gasteiger partial charge in [0.15, 0.2) is 5.96 Å². The van der Waals surface area contributed by atoms with Gasteiger partial charge in [0.2, 0.25) is 0 Å². The predicted molar refractivity (Wildman–Crippen MR) is 108 cm³/mol. The topological polar surface area (TPSA) is 95.3 Å². The molecule has 1 heterocycles. The molecule has 146 valence electrons. The van der Waals surface area contributed by atoms with Gasteiger partial charge in [0.1, 0.15) is 5.82 Å². The molecule has 0 bridgehead atoms. The largest absolute Gasteiger partial charge is 0.361 e. The molecule has 2 aromatic carbocycles. The second kappa shape index (κ2) is 8.98. The Morgan fingerprint density at radius 2 is 2.00 bits per heavy atom. The molecule has 1 aromatic heterocycles. The molecule has 3 N–H and O–H groups in total. The molecule has 28 heavy (non-hydrogen) atoms.